The van der Waals surface area contributed by atoms with Crippen molar-refractivity contribution in [2.45, 2.75) is 6.04 Å². The smallest absolute Gasteiger partial charge is 0.0621 e. The molecule has 0 aromatic carbocycles. The number of hydrogen-bond donors (Lipinski definition) is 1. The highest BCUT2D eigenvalue weighted by Gasteiger charge is 2.25. The first kappa shape index (κ1) is 9.53. The van der Waals surface area contributed by atoms with Gasteiger partial charge in [-0.1, -0.05) is 5.92 Å². The predicted molar refractivity (Wildman–Crippen MR) is 48.6 cm³/mol. The van der Waals surface area contributed by atoms with Gasteiger partial charge in [-0.05, 0) is 7.05 Å². The second kappa shape index (κ2) is 4.46. The van der Waals surface area contributed by atoms with E-state index in [4.69, 9.17) is 16.9 Å². The van der Waals surface area contributed by atoms with Gasteiger partial charge in [-0.25, -0.2) is 0 Å². The van der Waals surface area contributed by atoms with Crippen LogP contribution in [-0.4, -0.2) is 44.3 Å². The van der Waals surface area contributed by atoms with Crippen molar-refractivity contribution in [1.82, 2.24) is 4.90 Å². The Kier molecular flexibility index (Phi) is 3.54. The molecule has 1 aliphatic heterocycles. The van der Waals surface area contributed by atoms with Gasteiger partial charge in [0.1, 0.15) is 0 Å². The van der Waals surface area contributed by atoms with E-state index in [1.165, 1.54) is 0 Å². The zero-order valence-electron chi connectivity index (χ0n) is 7.49. The topological polar surface area (TPSA) is 38.5 Å². The van der Waals surface area contributed by atoms with E-state index >= 15 is 0 Å². The largest absolute Gasteiger partial charge is 0.379 e. The van der Waals surface area contributed by atoms with Crippen LogP contribution in [0.25, 0.3) is 0 Å². The van der Waals surface area contributed by atoms with Gasteiger partial charge in [0.05, 0.1) is 19.8 Å². The summed E-state index contributed by atoms with van der Waals surface area (Å²) in [4.78, 5) is 2.10. The van der Waals surface area contributed by atoms with Gasteiger partial charge < -0.3 is 10.5 Å². The van der Waals surface area contributed by atoms with Crippen LogP contribution < -0.4 is 5.73 Å². The molecule has 0 amide bonds. The van der Waals surface area contributed by atoms with Crippen LogP contribution in [0.1, 0.15) is 0 Å². The quantitative estimate of drug-likeness (QED) is 0.579. The first-order valence-electron chi connectivity index (χ1n) is 4.19. The molecular formula is C9H16N2O. The summed E-state index contributed by atoms with van der Waals surface area (Å²) in [6, 6.07) is 0.185. The van der Waals surface area contributed by atoms with Gasteiger partial charge in [0.15, 0.2) is 0 Å². The lowest BCUT2D eigenvalue weighted by atomic mass is 10.0. The normalized spacial score (nSPS) is 29.2. The van der Waals surface area contributed by atoms with Crippen LogP contribution in [0, 0.1) is 18.3 Å². The molecule has 1 aliphatic rings. The average Bonchev–Trinajstić information content (AvgIpc) is 2.37. The Morgan fingerprint density at radius 1 is 1.67 bits per heavy atom. The van der Waals surface area contributed by atoms with Crippen LogP contribution >= 0.6 is 0 Å². The second-order valence-electron chi connectivity index (χ2n) is 3.36. The van der Waals surface area contributed by atoms with Crippen LogP contribution in [0.15, 0.2) is 0 Å². The third kappa shape index (κ3) is 2.49. The SMILES string of the molecule is C#CCN(C)CC1COCC1N. The molecule has 1 saturated heterocycles. The number of hydrogen-bond acceptors (Lipinski definition) is 3. The molecule has 2 unspecified atom stereocenters. The number of nitrogens with zero attached hydrogens (tertiary/aromatic N) is 1. The van der Waals surface area contributed by atoms with E-state index in [0.717, 1.165) is 13.2 Å². The summed E-state index contributed by atoms with van der Waals surface area (Å²) < 4.78 is 5.25. The summed E-state index contributed by atoms with van der Waals surface area (Å²) in [6.07, 6.45) is 5.18. The summed E-state index contributed by atoms with van der Waals surface area (Å²) in [5.74, 6) is 3.05. The molecule has 1 fully saturated rings. The number of terminal acetylenes is 1. The molecule has 0 spiro atoms. The Hall–Kier alpha value is -0.560. The maximum Gasteiger partial charge on any atom is 0.0621 e. The van der Waals surface area contributed by atoms with Gasteiger partial charge in [-0.3, -0.25) is 4.90 Å². The van der Waals surface area contributed by atoms with Crippen molar-refractivity contribution in [3.8, 4) is 12.3 Å². The first-order chi connectivity index (χ1) is 5.74. The maximum absolute atomic E-state index is 5.82. The summed E-state index contributed by atoms with van der Waals surface area (Å²) in [5, 5.41) is 0. The maximum atomic E-state index is 5.82. The Balaban J connectivity index is 2.26. The van der Waals surface area contributed by atoms with E-state index in [9.17, 15) is 0 Å². The highest BCUT2D eigenvalue weighted by molar-refractivity contribution is 4.89. The minimum Gasteiger partial charge on any atom is -0.379 e. The molecule has 3 nitrogen and oxygen atoms in total. The third-order valence-electron chi connectivity index (χ3n) is 2.16. The predicted octanol–water partition coefficient (Wildman–Crippen LogP) is -0.475. The van der Waals surface area contributed by atoms with Crippen molar-refractivity contribution in [2.75, 3.05) is 33.4 Å². The highest BCUT2D eigenvalue weighted by Crippen LogP contribution is 2.12. The molecule has 0 aromatic heterocycles. The van der Waals surface area contributed by atoms with Gasteiger partial charge in [0.25, 0.3) is 0 Å². The lowest BCUT2D eigenvalue weighted by molar-refractivity contribution is 0.176. The lowest BCUT2D eigenvalue weighted by Crippen LogP contribution is -2.37. The van der Waals surface area contributed by atoms with Gasteiger partial charge in [0.2, 0.25) is 0 Å². The summed E-state index contributed by atoms with van der Waals surface area (Å²) >= 11 is 0. The van der Waals surface area contributed by atoms with Crippen LogP contribution in [0.4, 0.5) is 0 Å². The lowest BCUT2D eigenvalue weighted by Gasteiger charge is -2.19. The number of rotatable bonds is 3. The summed E-state index contributed by atoms with van der Waals surface area (Å²) in [7, 11) is 2.00. The van der Waals surface area contributed by atoms with Gasteiger partial charge in [0, 0.05) is 18.5 Å². The zero-order valence-corrected chi connectivity index (χ0v) is 7.49. The summed E-state index contributed by atoms with van der Waals surface area (Å²) in [6.45, 7) is 3.08. The van der Waals surface area contributed by atoms with Gasteiger partial charge >= 0.3 is 0 Å². The number of nitrogens with two attached hydrogens (primary N) is 1. The first-order valence-corrected chi connectivity index (χ1v) is 4.19. The van der Waals surface area contributed by atoms with E-state index in [1.807, 2.05) is 7.05 Å². The van der Waals surface area contributed by atoms with E-state index in [2.05, 4.69) is 10.8 Å². The molecule has 0 radical (unpaired) electrons. The van der Waals surface area contributed by atoms with Crippen molar-refractivity contribution in [3.63, 3.8) is 0 Å². The molecule has 1 rings (SSSR count). The standard InChI is InChI=1S/C9H16N2O/c1-3-4-11(2)5-8-6-12-7-9(8)10/h1,8-9H,4-7,10H2,2H3. The van der Waals surface area contributed by atoms with Crippen LogP contribution in [-0.2, 0) is 4.74 Å². The Morgan fingerprint density at radius 3 is 2.92 bits per heavy atom. The van der Waals surface area contributed by atoms with Crippen molar-refractivity contribution in [1.29, 1.82) is 0 Å². The second-order valence-corrected chi connectivity index (χ2v) is 3.36. The van der Waals surface area contributed by atoms with E-state index in [1.54, 1.807) is 0 Å². The minimum absolute atomic E-state index is 0.185. The van der Waals surface area contributed by atoms with Crippen molar-refractivity contribution in [3.05, 3.63) is 0 Å². The van der Waals surface area contributed by atoms with Crippen LogP contribution in [0.5, 0.6) is 0 Å². The third-order valence-corrected chi connectivity index (χ3v) is 2.16. The van der Waals surface area contributed by atoms with E-state index in [0.29, 0.717) is 19.1 Å². The molecular weight excluding hydrogens is 152 g/mol. The molecule has 1 heterocycles. The van der Waals surface area contributed by atoms with Crippen molar-refractivity contribution in [2.24, 2.45) is 11.7 Å². The Morgan fingerprint density at radius 2 is 2.42 bits per heavy atom. The molecule has 0 saturated carbocycles. The van der Waals surface area contributed by atoms with Gasteiger partial charge in [-0.2, -0.15) is 0 Å². The number of ether oxygens (including phenoxy) is 1. The molecule has 12 heavy (non-hydrogen) atoms. The van der Waals surface area contributed by atoms with Crippen molar-refractivity contribution >= 4 is 0 Å². The Bertz CT molecular complexity index is 176. The molecule has 0 aliphatic carbocycles. The fraction of sp³-hybridized carbons (Fsp3) is 0.778. The Labute approximate surface area is 73.9 Å². The van der Waals surface area contributed by atoms with E-state index in [-0.39, 0.29) is 6.04 Å². The average molecular weight is 168 g/mol. The summed E-state index contributed by atoms with van der Waals surface area (Å²) in [5.41, 5.74) is 5.82. The minimum atomic E-state index is 0.185. The molecule has 3 heteroatoms. The zero-order chi connectivity index (χ0) is 8.97. The monoisotopic (exact) mass is 168 g/mol. The van der Waals surface area contributed by atoms with Gasteiger partial charge in [-0.15, -0.1) is 6.42 Å². The van der Waals surface area contributed by atoms with Crippen LogP contribution in [0.2, 0.25) is 0 Å². The van der Waals surface area contributed by atoms with Crippen molar-refractivity contribution < 1.29 is 4.74 Å². The highest BCUT2D eigenvalue weighted by atomic mass is 16.5. The fourth-order valence-corrected chi connectivity index (χ4v) is 1.42. The fourth-order valence-electron chi connectivity index (χ4n) is 1.42. The van der Waals surface area contributed by atoms with E-state index < -0.39 is 0 Å². The molecule has 0 aromatic rings. The molecule has 2 atom stereocenters. The van der Waals surface area contributed by atoms with Crippen LogP contribution in [0.3, 0.4) is 0 Å². The molecule has 68 valence electrons. The molecule has 0 bridgehead atoms. The molecule has 2 N–H and O–H groups in total.